The molecule has 0 aliphatic heterocycles. The Kier molecular flexibility index (Phi) is 2.83. The van der Waals surface area contributed by atoms with Crippen molar-refractivity contribution < 1.29 is 0 Å². The number of benzene rings is 1. The lowest BCUT2D eigenvalue weighted by Crippen LogP contribution is -2.01. The van der Waals surface area contributed by atoms with Crippen LogP contribution in [0.2, 0.25) is 0 Å². The van der Waals surface area contributed by atoms with Gasteiger partial charge in [-0.1, -0.05) is 18.2 Å². The molecule has 0 fully saturated rings. The van der Waals surface area contributed by atoms with Crippen LogP contribution >= 0.6 is 11.3 Å². The molecule has 3 nitrogen and oxygen atoms in total. The summed E-state index contributed by atoms with van der Waals surface area (Å²) in [6.07, 6.45) is 0.716. The average molecular weight is 253 g/mol. The van der Waals surface area contributed by atoms with Gasteiger partial charge in [-0.3, -0.25) is 0 Å². The molecule has 88 valence electrons. The average Bonchev–Trinajstić information content (AvgIpc) is 3.04. The maximum absolute atomic E-state index is 9.30. The molecule has 0 aliphatic carbocycles. The van der Waals surface area contributed by atoms with Crippen LogP contribution in [0.1, 0.15) is 16.6 Å². The van der Waals surface area contributed by atoms with Crippen LogP contribution in [-0.2, 0) is 6.42 Å². The summed E-state index contributed by atoms with van der Waals surface area (Å²) in [7, 11) is 0. The van der Waals surface area contributed by atoms with E-state index in [1.54, 1.807) is 11.3 Å². The molecule has 2 aromatic heterocycles. The molecule has 3 aromatic rings. The highest BCUT2D eigenvalue weighted by Gasteiger charge is 2.16. The molecule has 1 aromatic carbocycles. The summed E-state index contributed by atoms with van der Waals surface area (Å²) < 4.78 is 0. The number of imidazole rings is 1. The molecule has 2 heterocycles. The maximum atomic E-state index is 9.30. The van der Waals surface area contributed by atoms with Gasteiger partial charge in [-0.2, -0.15) is 5.26 Å². The number of nitrogens with one attached hydrogen (secondary N) is 1. The number of aromatic amines is 1. The second-order valence-corrected chi connectivity index (χ2v) is 5.14. The first kappa shape index (κ1) is 11.0. The Hall–Kier alpha value is -2.12. The van der Waals surface area contributed by atoms with Crippen molar-refractivity contribution in [2.45, 2.75) is 12.3 Å². The third-order valence-corrected chi connectivity index (χ3v) is 3.78. The summed E-state index contributed by atoms with van der Waals surface area (Å²) in [5, 5.41) is 11.3. The van der Waals surface area contributed by atoms with Gasteiger partial charge in [0.25, 0.3) is 0 Å². The van der Waals surface area contributed by atoms with Crippen LogP contribution in [0.5, 0.6) is 0 Å². The van der Waals surface area contributed by atoms with E-state index < -0.39 is 0 Å². The molecule has 0 saturated carbocycles. The minimum absolute atomic E-state index is 0.212. The van der Waals surface area contributed by atoms with Crippen molar-refractivity contribution in [3.63, 3.8) is 0 Å². The highest BCUT2D eigenvalue weighted by Crippen LogP contribution is 2.23. The Labute approximate surface area is 109 Å². The lowest BCUT2D eigenvalue weighted by molar-refractivity contribution is 0.803. The van der Waals surface area contributed by atoms with Crippen molar-refractivity contribution in [3.05, 3.63) is 52.5 Å². The number of fused-ring (bicyclic) bond motifs is 1. The summed E-state index contributed by atoms with van der Waals surface area (Å²) in [6, 6.07) is 14.2. The normalized spacial score (nSPS) is 12.4. The lowest BCUT2D eigenvalue weighted by atomic mass is 10.1. The minimum Gasteiger partial charge on any atom is -0.341 e. The zero-order valence-electron chi connectivity index (χ0n) is 9.63. The number of aromatic nitrogens is 2. The first-order chi connectivity index (χ1) is 8.86. The van der Waals surface area contributed by atoms with Crippen molar-refractivity contribution in [1.82, 2.24) is 9.97 Å². The van der Waals surface area contributed by atoms with Crippen molar-refractivity contribution in [1.29, 1.82) is 5.26 Å². The molecule has 0 spiro atoms. The lowest BCUT2D eigenvalue weighted by Gasteiger charge is -2.03. The predicted octanol–water partition coefficient (Wildman–Crippen LogP) is 3.47. The summed E-state index contributed by atoms with van der Waals surface area (Å²) in [4.78, 5) is 8.93. The van der Waals surface area contributed by atoms with Crippen molar-refractivity contribution in [3.8, 4) is 6.07 Å². The Morgan fingerprint density at radius 3 is 2.89 bits per heavy atom. The van der Waals surface area contributed by atoms with Gasteiger partial charge in [0, 0.05) is 11.3 Å². The van der Waals surface area contributed by atoms with E-state index >= 15 is 0 Å². The van der Waals surface area contributed by atoms with E-state index in [-0.39, 0.29) is 5.92 Å². The minimum atomic E-state index is -0.212. The van der Waals surface area contributed by atoms with E-state index in [1.165, 1.54) is 4.88 Å². The van der Waals surface area contributed by atoms with Crippen LogP contribution in [0.15, 0.2) is 41.8 Å². The summed E-state index contributed by atoms with van der Waals surface area (Å²) in [5.41, 5.74) is 1.90. The van der Waals surface area contributed by atoms with E-state index in [0.29, 0.717) is 6.42 Å². The molecule has 1 N–H and O–H groups in total. The molecule has 0 unspecified atom stereocenters. The number of hydrogen-bond donors (Lipinski definition) is 1. The largest absolute Gasteiger partial charge is 0.341 e. The number of rotatable bonds is 3. The van der Waals surface area contributed by atoms with Crippen molar-refractivity contribution in [2.75, 3.05) is 0 Å². The van der Waals surface area contributed by atoms with E-state index in [9.17, 15) is 5.26 Å². The van der Waals surface area contributed by atoms with Crippen LogP contribution in [0.3, 0.4) is 0 Å². The second-order valence-electron chi connectivity index (χ2n) is 4.10. The SMILES string of the molecule is N#C[C@H](Cc1cccs1)c1nc2ccccc2[nH]1. The maximum Gasteiger partial charge on any atom is 0.125 e. The van der Waals surface area contributed by atoms with Gasteiger partial charge in [0.1, 0.15) is 11.7 Å². The van der Waals surface area contributed by atoms with Gasteiger partial charge in [0.15, 0.2) is 0 Å². The van der Waals surface area contributed by atoms with Crippen LogP contribution in [0.4, 0.5) is 0 Å². The number of thiophene rings is 1. The smallest absolute Gasteiger partial charge is 0.125 e. The molecule has 0 aliphatic rings. The fourth-order valence-corrected chi connectivity index (χ4v) is 2.72. The summed E-state index contributed by atoms with van der Waals surface area (Å²) in [6.45, 7) is 0. The topological polar surface area (TPSA) is 52.5 Å². The number of para-hydroxylation sites is 2. The first-order valence-corrected chi connectivity index (χ1v) is 6.61. The molecule has 0 amide bonds. The van der Waals surface area contributed by atoms with Gasteiger partial charge in [-0.15, -0.1) is 11.3 Å². The highest BCUT2D eigenvalue weighted by atomic mass is 32.1. The monoisotopic (exact) mass is 253 g/mol. The Morgan fingerprint density at radius 1 is 1.28 bits per heavy atom. The van der Waals surface area contributed by atoms with E-state index in [1.807, 2.05) is 35.7 Å². The second kappa shape index (κ2) is 4.63. The summed E-state index contributed by atoms with van der Waals surface area (Å²) in [5.74, 6) is 0.545. The standard InChI is InChI=1S/C14H11N3S/c15-9-10(8-11-4-3-7-18-11)14-16-12-5-1-2-6-13(12)17-14/h1-7,10H,8H2,(H,16,17)/t10-/m0/s1. The predicted molar refractivity (Wildman–Crippen MR) is 72.5 cm³/mol. The fraction of sp³-hybridized carbons (Fsp3) is 0.143. The number of nitriles is 1. The van der Waals surface area contributed by atoms with E-state index in [4.69, 9.17) is 0 Å². The Bertz CT molecular complexity index is 658. The number of hydrogen-bond acceptors (Lipinski definition) is 3. The summed E-state index contributed by atoms with van der Waals surface area (Å²) >= 11 is 1.68. The van der Waals surface area contributed by atoms with Crippen molar-refractivity contribution in [2.24, 2.45) is 0 Å². The van der Waals surface area contributed by atoms with E-state index in [2.05, 4.69) is 22.1 Å². The van der Waals surface area contributed by atoms with Crippen LogP contribution in [-0.4, -0.2) is 9.97 Å². The zero-order chi connectivity index (χ0) is 12.4. The van der Waals surface area contributed by atoms with Crippen molar-refractivity contribution >= 4 is 22.4 Å². The van der Waals surface area contributed by atoms with Crippen LogP contribution < -0.4 is 0 Å². The fourth-order valence-electron chi connectivity index (χ4n) is 1.97. The molecule has 3 rings (SSSR count). The van der Waals surface area contributed by atoms with Gasteiger partial charge in [-0.25, -0.2) is 4.98 Å². The molecular weight excluding hydrogens is 242 g/mol. The third-order valence-electron chi connectivity index (χ3n) is 2.88. The zero-order valence-corrected chi connectivity index (χ0v) is 10.4. The van der Waals surface area contributed by atoms with E-state index in [0.717, 1.165) is 16.9 Å². The molecule has 0 bridgehead atoms. The quantitative estimate of drug-likeness (QED) is 0.777. The molecular formula is C14H11N3S. The van der Waals surface area contributed by atoms with Gasteiger partial charge in [-0.05, 0) is 23.6 Å². The molecule has 0 saturated heterocycles. The molecule has 4 heteroatoms. The van der Waals surface area contributed by atoms with Gasteiger partial charge < -0.3 is 4.98 Å². The van der Waals surface area contributed by atoms with Gasteiger partial charge in [0.05, 0.1) is 17.1 Å². The number of H-pyrrole nitrogens is 1. The van der Waals surface area contributed by atoms with Gasteiger partial charge in [0.2, 0.25) is 0 Å². The Morgan fingerprint density at radius 2 is 2.17 bits per heavy atom. The number of nitrogens with zero attached hydrogens (tertiary/aromatic N) is 2. The first-order valence-electron chi connectivity index (χ1n) is 5.73. The molecule has 0 radical (unpaired) electrons. The van der Waals surface area contributed by atoms with Gasteiger partial charge >= 0.3 is 0 Å². The molecule has 1 atom stereocenters. The van der Waals surface area contributed by atoms with Crippen LogP contribution in [0, 0.1) is 11.3 Å². The van der Waals surface area contributed by atoms with Crippen LogP contribution in [0.25, 0.3) is 11.0 Å². The third kappa shape index (κ3) is 2.01. The Balaban J connectivity index is 1.94. The highest BCUT2D eigenvalue weighted by molar-refractivity contribution is 7.09. The molecule has 18 heavy (non-hydrogen) atoms.